The number of hydrogen-bond donors (Lipinski definition) is 0. The Kier molecular flexibility index (Phi) is 3.62. The van der Waals surface area contributed by atoms with Crippen LogP contribution in [0, 0.1) is 12.7 Å². The van der Waals surface area contributed by atoms with Gasteiger partial charge in [0.15, 0.2) is 9.84 Å². The summed E-state index contributed by atoms with van der Waals surface area (Å²) < 4.78 is 36.2. The molecule has 1 saturated heterocycles. The van der Waals surface area contributed by atoms with E-state index in [1.165, 1.54) is 11.0 Å². The fraction of sp³-hybridized carbons (Fsp3) is 0.462. The van der Waals surface area contributed by atoms with Gasteiger partial charge in [0, 0.05) is 18.7 Å². The fourth-order valence-corrected chi connectivity index (χ4v) is 3.95. The summed E-state index contributed by atoms with van der Waals surface area (Å²) in [6.45, 7) is 1.62. The van der Waals surface area contributed by atoms with Gasteiger partial charge in [0.2, 0.25) is 0 Å². The van der Waals surface area contributed by atoms with Gasteiger partial charge >= 0.3 is 0 Å². The van der Waals surface area contributed by atoms with Gasteiger partial charge in [-0.2, -0.15) is 0 Å². The molecule has 1 heterocycles. The fourth-order valence-electron chi connectivity index (χ4n) is 2.18. The summed E-state index contributed by atoms with van der Waals surface area (Å²) in [5, 5.41) is 0. The number of hydrogen-bond acceptors (Lipinski definition) is 3. The number of benzene rings is 1. The molecule has 1 atom stereocenters. The van der Waals surface area contributed by atoms with E-state index < -0.39 is 15.7 Å². The summed E-state index contributed by atoms with van der Waals surface area (Å²) in [6, 6.07) is 3.97. The highest BCUT2D eigenvalue weighted by Gasteiger charge is 2.33. The summed E-state index contributed by atoms with van der Waals surface area (Å²) >= 11 is 0. The molecule has 0 spiro atoms. The first kappa shape index (κ1) is 14.0. The number of rotatable bonds is 2. The topological polar surface area (TPSA) is 54.5 Å². The SMILES string of the molecule is Cc1ccc(C(=O)N(C)[C@H]2CCS(=O)(=O)C2)cc1F. The van der Waals surface area contributed by atoms with Gasteiger partial charge in [-0.3, -0.25) is 4.79 Å². The highest BCUT2D eigenvalue weighted by Crippen LogP contribution is 2.19. The molecule has 0 unspecified atom stereocenters. The second-order valence-electron chi connectivity index (χ2n) is 4.94. The number of carbonyl (C=O) groups excluding carboxylic acids is 1. The molecule has 1 aliphatic heterocycles. The quantitative estimate of drug-likeness (QED) is 0.825. The van der Waals surface area contributed by atoms with Gasteiger partial charge in [0.1, 0.15) is 5.82 Å². The molecule has 0 bridgehead atoms. The van der Waals surface area contributed by atoms with E-state index in [9.17, 15) is 17.6 Å². The number of sulfone groups is 1. The number of amides is 1. The second-order valence-corrected chi connectivity index (χ2v) is 7.17. The summed E-state index contributed by atoms with van der Waals surface area (Å²) in [6.07, 6.45) is 0.443. The lowest BCUT2D eigenvalue weighted by Gasteiger charge is -2.23. The van der Waals surface area contributed by atoms with E-state index in [-0.39, 0.29) is 29.0 Å². The zero-order valence-corrected chi connectivity index (χ0v) is 11.7. The van der Waals surface area contributed by atoms with Crippen molar-refractivity contribution >= 4 is 15.7 Å². The third kappa shape index (κ3) is 2.94. The Balaban J connectivity index is 2.17. The molecule has 0 aliphatic carbocycles. The first-order valence-electron chi connectivity index (χ1n) is 6.04. The smallest absolute Gasteiger partial charge is 0.253 e. The van der Waals surface area contributed by atoms with Crippen molar-refractivity contribution in [1.29, 1.82) is 0 Å². The van der Waals surface area contributed by atoms with E-state index in [4.69, 9.17) is 0 Å². The minimum atomic E-state index is -3.04. The van der Waals surface area contributed by atoms with E-state index in [0.29, 0.717) is 12.0 Å². The van der Waals surface area contributed by atoms with Gasteiger partial charge in [-0.1, -0.05) is 6.07 Å². The maximum Gasteiger partial charge on any atom is 0.253 e. The number of carbonyl (C=O) groups is 1. The lowest BCUT2D eigenvalue weighted by molar-refractivity contribution is 0.0747. The Morgan fingerprint density at radius 2 is 2.11 bits per heavy atom. The molecular formula is C13H16FNO3S. The molecule has 6 heteroatoms. The van der Waals surface area contributed by atoms with E-state index in [1.807, 2.05) is 0 Å². The van der Waals surface area contributed by atoms with Crippen molar-refractivity contribution in [3.63, 3.8) is 0 Å². The molecule has 4 nitrogen and oxygen atoms in total. The summed E-state index contributed by atoms with van der Waals surface area (Å²) in [5.74, 6) is -0.680. The number of halogens is 1. The molecule has 0 aromatic heterocycles. The molecule has 19 heavy (non-hydrogen) atoms. The van der Waals surface area contributed by atoms with Crippen LogP contribution in [0.3, 0.4) is 0 Å². The first-order valence-corrected chi connectivity index (χ1v) is 7.86. The van der Waals surface area contributed by atoms with Crippen LogP contribution in [-0.2, 0) is 9.84 Å². The van der Waals surface area contributed by atoms with Crippen LogP contribution in [-0.4, -0.2) is 43.8 Å². The Bertz CT molecular complexity index is 612. The highest BCUT2D eigenvalue weighted by molar-refractivity contribution is 7.91. The third-order valence-electron chi connectivity index (χ3n) is 3.50. The minimum Gasteiger partial charge on any atom is -0.338 e. The maximum atomic E-state index is 13.4. The Labute approximate surface area is 112 Å². The van der Waals surface area contributed by atoms with Crippen LogP contribution in [0.5, 0.6) is 0 Å². The zero-order valence-electron chi connectivity index (χ0n) is 10.9. The summed E-state index contributed by atoms with van der Waals surface area (Å²) in [5.41, 5.74) is 0.720. The number of aryl methyl sites for hydroxylation is 1. The average Bonchev–Trinajstić information content (AvgIpc) is 2.71. The Hall–Kier alpha value is -1.43. The molecule has 1 aliphatic rings. The van der Waals surface area contributed by atoms with Crippen LogP contribution >= 0.6 is 0 Å². The van der Waals surface area contributed by atoms with Crippen LogP contribution in [0.25, 0.3) is 0 Å². The minimum absolute atomic E-state index is 0.0103. The largest absolute Gasteiger partial charge is 0.338 e. The number of nitrogens with zero attached hydrogens (tertiary/aromatic N) is 1. The summed E-state index contributed by atoms with van der Waals surface area (Å²) in [7, 11) is -1.48. The van der Waals surface area contributed by atoms with Crippen LogP contribution < -0.4 is 0 Å². The molecule has 1 aromatic carbocycles. The maximum absolute atomic E-state index is 13.4. The van der Waals surface area contributed by atoms with Crippen molar-refractivity contribution in [1.82, 2.24) is 4.90 Å². The first-order chi connectivity index (χ1) is 8.80. The van der Waals surface area contributed by atoms with Crippen LogP contribution in [0.2, 0.25) is 0 Å². The predicted octanol–water partition coefficient (Wildman–Crippen LogP) is 1.39. The van der Waals surface area contributed by atoms with Gasteiger partial charge in [-0.15, -0.1) is 0 Å². The lowest BCUT2D eigenvalue weighted by atomic mass is 10.1. The van der Waals surface area contributed by atoms with Crippen molar-refractivity contribution in [2.75, 3.05) is 18.6 Å². The van der Waals surface area contributed by atoms with Crippen LogP contribution in [0.4, 0.5) is 4.39 Å². The van der Waals surface area contributed by atoms with E-state index in [1.54, 1.807) is 26.1 Å². The summed E-state index contributed by atoms with van der Waals surface area (Å²) in [4.78, 5) is 13.6. The average molecular weight is 285 g/mol. The van der Waals surface area contributed by atoms with Crippen molar-refractivity contribution < 1.29 is 17.6 Å². The van der Waals surface area contributed by atoms with Crippen LogP contribution in [0.15, 0.2) is 18.2 Å². The van der Waals surface area contributed by atoms with Gasteiger partial charge in [-0.25, -0.2) is 12.8 Å². The normalized spacial score (nSPS) is 21.3. The third-order valence-corrected chi connectivity index (χ3v) is 5.25. The van der Waals surface area contributed by atoms with Crippen molar-refractivity contribution in [3.8, 4) is 0 Å². The van der Waals surface area contributed by atoms with Gasteiger partial charge in [0.25, 0.3) is 5.91 Å². The van der Waals surface area contributed by atoms with E-state index in [2.05, 4.69) is 0 Å². The Morgan fingerprint density at radius 1 is 1.42 bits per heavy atom. The predicted molar refractivity (Wildman–Crippen MR) is 70.3 cm³/mol. The van der Waals surface area contributed by atoms with E-state index >= 15 is 0 Å². The molecule has 104 valence electrons. The molecule has 0 N–H and O–H groups in total. The van der Waals surface area contributed by atoms with Crippen molar-refractivity contribution in [3.05, 3.63) is 35.1 Å². The van der Waals surface area contributed by atoms with Gasteiger partial charge in [0.05, 0.1) is 11.5 Å². The van der Waals surface area contributed by atoms with Crippen LogP contribution in [0.1, 0.15) is 22.3 Å². The van der Waals surface area contributed by atoms with Gasteiger partial charge < -0.3 is 4.90 Å². The standard InChI is InChI=1S/C13H16FNO3S/c1-9-3-4-10(7-12(9)14)13(16)15(2)11-5-6-19(17,18)8-11/h3-4,7,11H,5-6,8H2,1-2H3/t11-/m0/s1. The van der Waals surface area contributed by atoms with E-state index in [0.717, 1.165) is 0 Å². The second kappa shape index (κ2) is 4.92. The molecule has 0 saturated carbocycles. The van der Waals surface area contributed by atoms with Crippen molar-refractivity contribution in [2.24, 2.45) is 0 Å². The molecule has 1 fully saturated rings. The molecular weight excluding hydrogens is 269 g/mol. The molecule has 1 amide bonds. The Morgan fingerprint density at radius 3 is 2.63 bits per heavy atom. The highest BCUT2D eigenvalue weighted by atomic mass is 32.2. The molecule has 0 radical (unpaired) electrons. The molecule has 2 rings (SSSR count). The zero-order chi connectivity index (χ0) is 14.2. The van der Waals surface area contributed by atoms with Crippen molar-refractivity contribution in [2.45, 2.75) is 19.4 Å². The lowest BCUT2D eigenvalue weighted by Crippen LogP contribution is -2.37. The molecule has 1 aromatic rings. The monoisotopic (exact) mass is 285 g/mol. The van der Waals surface area contributed by atoms with Gasteiger partial charge in [-0.05, 0) is 31.0 Å².